The highest BCUT2D eigenvalue weighted by atomic mass is 32.1. The summed E-state index contributed by atoms with van der Waals surface area (Å²) in [4.78, 5) is 29.3. The lowest BCUT2D eigenvalue weighted by Gasteiger charge is -2.28. The molecule has 3 unspecified atom stereocenters. The fourth-order valence-electron chi connectivity index (χ4n) is 4.73. The predicted octanol–water partition coefficient (Wildman–Crippen LogP) is 1.96. The van der Waals surface area contributed by atoms with Gasteiger partial charge in [0.1, 0.15) is 27.2 Å². The zero-order valence-corrected chi connectivity index (χ0v) is 20.2. The van der Waals surface area contributed by atoms with Gasteiger partial charge in [-0.25, -0.2) is 19.3 Å². The van der Waals surface area contributed by atoms with Crippen molar-refractivity contribution in [2.24, 2.45) is 5.73 Å². The Labute approximate surface area is 200 Å². The predicted molar refractivity (Wildman–Crippen MR) is 130 cm³/mol. The van der Waals surface area contributed by atoms with Crippen LogP contribution in [0.5, 0.6) is 0 Å². The van der Waals surface area contributed by atoms with Crippen LogP contribution in [0.25, 0.3) is 10.2 Å². The van der Waals surface area contributed by atoms with Crippen LogP contribution in [0.4, 0.5) is 15.9 Å². The number of halogens is 1. The van der Waals surface area contributed by atoms with Crippen molar-refractivity contribution < 1.29 is 13.9 Å². The van der Waals surface area contributed by atoms with Crippen LogP contribution >= 0.6 is 11.3 Å². The van der Waals surface area contributed by atoms with Gasteiger partial charge >= 0.3 is 0 Å². The Hall–Kier alpha value is -2.89. The minimum atomic E-state index is -0.498. The van der Waals surface area contributed by atoms with Crippen molar-refractivity contribution >= 4 is 39.0 Å². The van der Waals surface area contributed by atoms with Crippen LogP contribution in [0.1, 0.15) is 40.1 Å². The molecule has 1 saturated heterocycles. The van der Waals surface area contributed by atoms with Gasteiger partial charge in [0.25, 0.3) is 5.91 Å². The zero-order chi connectivity index (χ0) is 24.2. The molecule has 0 radical (unpaired) electrons. The number of carbonyl (C=O) groups is 1. The number of aryl methyl sites for hydroxylation is 2. The largest absolute Gasteiger partial charge is 0.397 e. The minimum Gasteiger partial charge on any atom is -0.397 e. The Balaban J connectivity index is 1.32. The van der Waals surface area contributed by atoms with Crippen LogP contribution in [0.3, 0.4) is 0 Å². The van der Waals surface area contributed by atoms with Crippen LogP contribution in [-0.4, -0.2) is 58.7 Å². The molecule has 1 amide bonds. The molecule has 0 spiro atoms. The van der Waals surface area contributed by atoms with E-state index in [4.69, 9.17) is 21.2 Å². The third-order valence-electron chi connectivity index (χ3n) is 6.97. The molecular weight excluding hydrogens is 457 g/mol. The molecule has 9 nitrogen and oxygen atoms in total. The molecule has 180 valence electrons. The van der Waals surface area contributed by atoms with Crippen molar-refractivity contribution in [1.82, 2.24) is 20.3 Å². The second kappa shape index (κ2) is 8.40. The standard InChI is InChI=1S/C23H28FN7O2S/c1-11-27-8-14-19(26)20(34-22(14)28-11)21(32)29-12-4-5-16-13(6-12)15(24)7-18(30-16)31-9-17(25)23(2,10-31)33-3/h7-8,12,17H,4-6,9-10,25-26H2,1-3H3,(H,29,32). The second-order valence-corrected chi connectivity index (χ2v) is 10.3. The molecule has 4 heterocycles. The number of rotatable bonds is 4. The van der Waals surface area contributed by atoms with Crippen LogP contribution in [0.15, 0.2) is 12.3 Å². The maximum absolute atomic E-state index is 15.2. The van der Waals surface area contributed by atoms with Crippen molar-refractivity contribution in [2.45, 2.75) is 50.8 Å². The maximum Gasteiger partial charge on any atom is 0.263 e. The van der Waals surface area contributed by atoms with Crippen molar-refractivity contribution in [1.29, 1.82) is 0 Å². The Morgan fingerprint density at radius 2 is 2.21 bits per heavy atom. The number of nitrogens with two attached hydrogens (primary N) is 2. The lowest BCUT2D eigenvalue weighted by Crippen LogP contribution is -2.45. The first kappa shape index (κ1) is 22.9. The first-order valence-corrected chi connectivity index (χ1v) is 12.1. The fraction of sp³-hybridized carbons (Fsp3) is 0.478. The number of fused-ring (bicyclic) bond motifs is 2. The molecular formula is C23H28FN7O2S. The monoisotopic (exact) mass is 485 g/mol. The smallest absolute Gasteiger partial charge is 0.263 e. The Morgan fingerprint density at radius 3 is 2.94 bits per heavy atom. The van der Waals surface area contributed by atoms with Gasteiger partial charge in [-0.15, -0.1) is 11.3 Å². The van der Waals surface area contributed by atoms with Gasteiger partial charge in [-0.05, 0) is 33.1 Å². The first-order chi connectivity index (χ1) is 16.2. The summed E-state index contributed by atoms with van der Waals surface area (Å²) < 4.78 is 20.7. The summed E-state index contributed by atoms with van der Waals surface area (Å²) >= 11 is 1.24. The summed E-state index contributed by atoms with van der Waals surface area (Å²) in [5.41, 5.74) is 13.6. The summed E-state index contributed by atoms with van der Waals surface area (Å²) in [6.07, 6.45) is 3.24. The van der Waals surface area contributed by atoms with Crippen LogP contribution in [0.2, 0.25) is 0 Å². The molecule has 3 atom stereocenters. The molecule has 11 heteroatoms. The topological polar surface area (TPSA) is 132 Å². The number of nitrogens with zero attached hydrogens (tertiary/aromatic N) is 4. The van der Waals surface area contributed by atoms with Crippen molar-refractivity contribution in [3.05, 3.63) is 40.0 Å². The number of aromatic nitrogens is 3. The molecule has 5 rings (SSSR count). The number of pyridine rings is 1. The average Bonchev–Trinajstić information content (AvgIpc) is 3.30. The number of carbonyl (C=O) groups excluding carboxylic acids is 1. The zero-order valence-electron chi connectivity index (χ0n) is 19.4. The molecule has 0 saturated carbocycles. The molecule has 2 aliphatic rings. The van der Waals surface area contributed by atoms with E-state index in [1.807, 2.05) is 11.8 Å². The van der Waals surface area contributed by atoms with Crippen molar-refractivity contribution in [3.8, 4) is 0 Å². The Kier molecular flexibility index (Phi) is 5.65. The molecule has 3 aromatic heterocycles. The summed E-state index contributed by atoms with van der Waals surface area (Å²) in [5, 5.41) is 3.69. The van der Waals surface area contributed by atoms with Crippen LogP contribution < -0.4 is 21.7 Å². The number of anilines is 2. The van der Waals surface area contributed by atoms with Gasteiger partial charge in [0, 0.05) is 49.8 Å². The van der Waals surface area contributed by atoms with E-state index in [0.29, 0.717) is 70.3 Å². The normalized spacial score (nSPS) is 24.4. The highest BCUT2D eigenvalue weighted by Gasteiger charge is 2.42. The SMILES string of the molecule is COC1(C)CN(c2cc(F)c3c(n2)CCC(NC(=O)c2sc4nc(C)ncc4c2N)C3)CC1N. The summed E-state index contributed by atoms with van der Waals surface area (Å²) in [7, 11) is 1.64. The van der Waals surface area contributed by atoms with E-state index in [9.17, 15) is 4.79 Å². The van der Waals surface area contributed by atoms with E-state index in [0.717, 1.165) is 5.69 Å². The van der Waals surface area contributed by atoms with E-state index in [1.54, 1.807) is 20.2 Å². The fourth-order valence-corrected chi connectivity index (χ4v) is 5.75. The van der Waals surface area contributed by atoms with Crippen molar-refractivity contribution in [3.63, 3.8) is 0 Å². The van der Waals surface area contributed by atoms with E-state index >= 15 is 4.39 Å². The second-order valence-electron chi connectivity index (χ2n) is 9.29. The van der Waals surface area contributed by atoms with Crippen LogP contribution in [-0.2, 0) is 17.6 Å². The van der Waals surface area contributed by atoms with Gasteiger partial charge in [0.15, 0.2) is 0 Å². The third-order valence-corrected chi connectivity index (χ3v) is 8.08. The van der Waals surface area contributed by atoms with Gasteiger partial charge in [-0.3, -0.25) is 4.79 Å². The number of methoxy groups -OCH3 is 1. The molecule has 5 N–H and O–H groups in total. The summed E-state index contributed by atoms with van der Waals surface area (Å²) in [6, 6.07) is 1.06. The number of nitrogens with one attached hydrogen (secondary N) is 1. The highest BCUT2D eigenvalue weighted by Crippen LogP contribution is 2.33. The third kappa shape index (κ3) is 3.87. The number of hydrogen-bond donors (Lipinski definition) is 3. The molecule has 0 bridgehead atoms. The quantitative estimate of drug-likeness (QED) is 0.511. The van der Waals surface area contributed by atoms with E-state index in [1.165, 1.54) is 17.4 Å². The molecule has 3 aromatic rings. The van der Waals surface area contributed by atoms with E-state index in [-0.39, 0.29) is 23.8 Å². The van der Waals surface area contributed by atoms with Gasteiger partial charge in [0.05, 0.1) is 22.7 Å². The minimum absolute atomic E-state index is 0.186. The number of hydrogen-bond acceptors (Lipinski definition) is 9. The number of thiophene rings is 1. The number of ether oxygens (including phenoxy) is 1. The molecule has 0 aromatic carbocycles. The molecule has 1 aliphatic carbocycles. The number of amides is 1. The Morgan fingerprint density at radius 1 is 1.41 bits per heavy atom. The van der Waals surface area contributed by atoms with Crippen LogP contribution in [0, 0.1) is 12.7 Å². The van der Waals surface area contributed by atoms with Gasteiger partial charge < -0.3 is 26.4 Å². The van der Waals surface area contributed by atoms with Crippen molar-refractivity contribution in [2.75, 3.05) is 30.8 Å². The van der Waals surface area contributed by atoms with Gasteiger partial charge in [-0.1, -0.05) is 0 Å². The lowest BCUT2D eigenvalue weighted by molar-refractivity contribution is 0.0129. The van der Waals surface area contributed by atoms with E-state index < -0.39 is 5.60 Å². The summed E-state index contributed by atoms with van der Waals surface area (Å²) in [5.74, 6) is 0.603. The lowest BCUT2D eigenvalue weighted by atomic mass is 9.91. The molecule has 1 fully saturated rings. The summed E-state index contributed by atoms with van der Waals surface area (Å²) in [6.45, 7) is 4.84. The highest BCUT2D eigenvalue weighted by molar-refractivity contribution is 7.21. The van der Waals surface area contributed by atoms with Gasteiger partial charge in [0.2, 0.25) is 0 Å². The maximum atomic E-state index is 15.2. The molecule has 1 aliphatic heterocycles. The average molecular weight is 486 g/mol. The van der Waals surface area contributed by atoms with Gasteiger partial charge in [-0.2, -0.15) is 0 Å². The number of nitrogen functional groups attached to an aromatic ring is 1. The Bertz CT molecular complexity index is 1280. The molecule has 34 heavy (non-hydrogen) atoms. The van der Waals surface area contributed by atoms with E-state index in [2.05, 4.69) is 15.3 Å². The first-order valence-electron chi connectivity index (χ1n) is 11.2.